The normalized spacial score (nSPS) is 9.93. The van der Waals surface area contributed by atoms with Crippen LogP contribution in [0.4, 0.5) is 5.69 Å². The van der Waals surface area contributed by atoms with E-state index in [2.05, 4.69) is 0 Å². The third kappa shape index (κ3) is 1.86. The number of benzene rings is 1. The molecule has 74 valence electrons. The molecule has 14 heavy (non-hydrogen) atoms. The number of nitrogens with zero attached hydrogens (tertiary/aromatic N) is 1. The van der Waals surface area contributed by atoms with Crippen LogP contribution >= 0.6 is 23.2 Å². The molecule has 0 aliphatic heterocycles. The van der Waals surface area contributed by atoms with Gasteiger partial charge < -0.3 is 0 Å². The lowest BCUT2D eigenvalue weighted by atomic mass is 10.1. The van der Waals surface area contributed by atoms with Gasteiger partial charge in [-0.05, 0) is 30.2 Å². The highest BCUT2D eigenvalue weighted by Gasteiger charge is 2.24. The standard InChI is InChI=1S/C8H5Cl2NO3/c1-4-2-3-5(9)7(11(13)14)6(4)8(10)12/h2-3H,1H3. The van der Waals surface area contributed by atoms with Crippen molar-refractivity contribution in [3.8, 4) is 0 Å². The molecule has 0 aliphatic carbocycles. The van der Waals surface area contributed by atoms with Gasteiger partial charge in [0.1, 0.15) is 10.6 Å². The number of halogens is 2. The Kier molecular flexibility index (Phi) is 3.08. The van der Waals surface area contributed by atoms with E-state index in [1.165, 1.54) is 12.1 Å². The van der Waals surface area contributed by atoms with Crippen LogP contribution in [0.1, 0.15) is 15.9 Å². The van der Waals surface area contributed by atoms with Crippen molar-refractivity contribution in [2.24, 2.45) is 0 Å². The Labute approximate surface area is 89.6 Å². The molecular formula is C8H5Cl2NO3. The molecule has 0 aliphatic rings. The van der Waals surface area contributed by atoms with E-state index in [-0.39, 0.29) is 10.6 Å². The topological polar surface area (TPSA) is 60.2 Å². The summed E-state index contributed by atoms with van der Waals surface area (Å²) in [6, 6.07) is 2.86. The second-order valence-corrected chi connectivity index (χ2v) is 3.37. The predicted molar refractivity (Wildman–Crippen MR) is 53.0 cm³/mol. The highest BCUT2D eigenvalue weighted by molar-refractivity contribution is 6.68. The Morgan fingerprint density at radius 2 is 2.07 bits per heavy atom. The summed E-state index contributed by atoms with van der Waals surface area (Å²) in [5.74, 6) is 0. The molecule has 1 aromatic carbocycles. The van der Waals surface area contributed by atoms with Crippen molar-refractivity contribution in [1.29, 1.82) is 0 Å². The fourth-order valence-corrected chi connectivity index (χ4v) is 1.56. The lowest BCUT2D eigenvalue weighted by molar-refractivity contribution is -0.385. The summed E-state index contributed by atoms with van der Waals surface area (Å²) >= 11 is 10.8. The number of carbonyl (C=O) groups is 1. The molecule has 0 bridgehead atoms. The molecule has 4 nitrogen and oxygen atoms in total. The van der Waals surface area contributed by atoms with E-state index in [9.17, 15) is 14.9 Å². The fraction of sp³-hybridized carbons (Fsp3) is 0.125. The van der Waals surface area contributed by atoms with Crippen molar-refractivity contribution in [3.05, 3.63) is 38.4 Å². The quantitative estimate of drug-likeness (QED) is 0.449. The molecule has 6 heteroatoms. The maximum Gasteiger partial charge on any atom is 0.300 e. The second kappa shape index (κ2) is 3.94. The van der Waals surface area contributed by atoms with Crippen LogP contribution < -0.4 is 0 Å². The number of aryl methyl sites for hydroxylation is 1. The largest absolute Gasteiger partial charge is 0.300 e. The molecule has 0 aromatic heterocycles. The monoisotopic (exact) mass is 233 g/mol. The summed E-state index contributed by atoms with van der Waals surface area (Å²) in [6.45, 7) is 1.55. The summed E-state index contributed by atoms with van der Waals surface area (Å²) in [6.07, 6.45) is 0. The molecule has 0 heterocycles. The number of hydrogen-bond donors (Lipinski definition) is 0. The van der Waals surface area contributed by atoms with Crippen molar-refractivity contribution >= 4 is 34.1 Å². The van der Waals surface area contributed by atoms with Gasteiger partial charge in [-0.3, -0.25) is 14.9 Å². The van der Waals surface area contributed by atoms with E-state index in [4.69, 9.17) is 23.2 Å². The minimum Gasteiger partial charge on any atom is -0.275 e. The van der Waals surface area contributed by atoms with Gasteiger partial charge in [-0.1, -0.05) is 17.7 Å². The van der Waals surface area contributed by atoms with Gasteiger partial charge in [0.2, 0.25) is 0 Å². The molecule has 0 N–H and O–H groups in total. The van der Waals surface area contributed by atoms with Gasteiger partial charge in [0, 0.05) is 0 Å². The summed E-state index contributed by atoms with van der Waals surface area (Å²) in [5.41, 5.74) is -0.156. The molecule has 0 radical (unpaired) electrons. The lowest BCUT2D eigenvalue weighted by Gasteiger charge is -2.02. The van der Waals surface area contributed by atoms with Crippen molar-refractivity contribution in [2.45, 2.75) is 6.92 Å². The molecule has 1 rings (SSSR count). The van der Waals surface area contributed by atoms with Crippen LogP contribution in [0.3, 0.4) is 0 Å². The van der Waals surface area contributed by atoms with Gasteiger partial charge in [0.15, 0.2) is 0 Å². The first-order valence-electron chi connectivity index (χ1n) is 3.58. The van der Waals surface area contributed by atoms with E-state index in [1.54, 1.807) is 6.92 Å². The zero-order chi connectivity index (χ0) is 10.9. The number of nitro groups is 1. The number of hydrogen-bond acceptors (Lipinski definition) is 3. The lowest BCUT2D eigenvalue weighted by Crippen LogP contribution is -2.01. The summed E-state index contributed by atoms with van der Waals surface area (Å²) in [4.78, 5) is 20.8. The average Bonchev–Trinajstić information content (AvgIpc) is 2.07. The van der Waals surface area contributed by atoms with Gasteiger partial charge in [-0.15, -0.1) is 0 Å². The third-order valence-electron chi connectivity index (χ3n) is 1.72. The van der Waals surface area contributed by atoms with Crippen molar-refractivity contribution in [3.63, 3.8) is 0 Å². The van der Waals surface area contributed by atoms with Gasteiger partial charge >= 0.3 is 0 Å². The number of rotatable bonds is 2. The Morgan fingerprint density at radius 1 is 1.50 bits per heavy atom. The molecule has 0 atom stereocenters. The predicted octanol–water partition coefficient (Wildman–Crippen LogP) is 2.94. The Balaban J connectivity index is 3.58. The van der Waals surface area contributed by atoms with E-state index in [0.717, 1.165) is 0 Å². The molecule has 0 spiro atoms. The van der Waals surface area contributed by atoms with Crippen molar-refractivity contribution in [2.75, 3.05) is 0 Å². The van der Waals surface area contributed by atoms with E-state index >= 15 is 0 Å². The Morgan fingerprint density at radius 3 is 2.43 bits per heavy atom. The molecule has 0 saturated carbocycles. The summed E-state index contributed by atoms with van der Waals surface area (Å²) in [5, 5.41) is 9.64. The maximum atomic E-state index is 10.9. The van der Waals surface area contributed by atoms with E-state index in [0.29, 0.717) is 5.56 Å². The van der Waals surface area contributed by atoms with Crippen molar-refractivity contribution < 1.29 is 9.72 Å². The summed E-state index contributed by atoms with van der Waals surface area (Å²) < 4.78 is 0. The van der Waals surface area contributed by atoms with Crippen molar-refractivity contribution in [1.82, 2.24) is 0 Å². The van der Waals surface area contributed by atoms with Crippen LogP contribution in [0.2, 0.25) is 5.02 Å². The zero-order valence-electron chi connectivity index (χ0n) is 7.08. The van der Waals surface area contributed by atoms with Gasteiger partial charge in [0.05, 0.1) is 4.92 Å². The molecule has 0 fully saturated rings. The highest BCUT2D eigenvalue weighted by atomic mass is 35.5. The average molecular weight is 234 g/mol. The SMILES string of the molecule is Cc1ccc(Cl)c([N+](=O)[O-])c1C(=O)Cl. The first-order chi connectivity index (χ1) is 6.45. The van der Waals surface area contributed by atoms with Gasteiger partial charge in [-0.25, -0.2) is 0 Å². The molecule has 0 amide bonds. The second-order valence-electron chi connectivity index (χ2n) is 2.62. The van der Waals surface area contributed by atoms with Crippen LogP contribution in [0.25, 0.3) is 0 Å². The molecule has 1 aromatic rings. The minimum atomic E-state index is -0.878. The molecule has 0 unspecified atom stereocenters. The highest BCUT2D eigenvalue weighted by Crippen LogP contribution is 2.31. The zero-order valence-corrected chi connectivity index (χ0v) is 8.59. The molecule has 0 saturated heterocycles. The Hall–Kier alpha value is -1.13. The van der Waals surface area contributed by atoms with Gasteiger partial charge in [0.25, 0.3) is 10.9 Å². The Bertz CT molecular complexity index is 378. The summed E-state index contributed by atoms with van der Waals surface area (Å²) in [7, 11) is 0. The number of carbonyl (C=O) groups excluding carboxylic acids is 1. The van der Waals surface area contributed by atoms with Crippen LogP contribution in [0.15, 0.2) is 12.1 Å². The first-order valence-corrected chi connectivity index (χ1v) is 4.34. The van der Waals surface area contributed by atoms with Crippen LogP contribution in [-0.4, -0.2) is 10.2 Å². The maximum absolute atomic E-state index is 10.9. The van der Waals surface area contributed by atoms with E-state index in [1.807, 2.05) is 0 Å². The third-order valence-corrected chi connectivity index (χ3v) is 2.21. The van der Waals surface area contributed by atoms with Crippen LogP contribution in [0, 0.1) is 17.0 Å². The van der Waals surface area contributed by atoms with E-state index < -0.39 is 15.9 Å². The smallest absolute Gasteiger partial charge is 0.275 e. The first kappa shape index (κ1) is 10.9. The number of nitro benzene ring substituents is 1. The molecular weight excluding hydrogens is 229 g/mol. The minimum absolute atomic E-state index is 0.0930. The van der Waals surface area contributed by atoms with Gasteiger partial charge in [-0.2, -0.15) is 0 Å². The van der Waals surface area contributed by atoms with Crippen LogP contribution in [-0.2, 0) is 0 Å². The fourth-order valence-electron chi connectivity index (χ4n) is 1.09. The van der Waals surface area contributed by atoms with Crippen LogP contribution in [0.5, 0.6) is 0 Å².